The Kier molecular flexibility index (Phi) is 10.9. The van der Waals surface area contributed by atoms with Gasteiger partial charge in [0, 0.05) is 24.2 Å². The van der Waals surface area contributed by atoms with Crippen LogP contribution in [0.5, 0.6) is 0 Å². The predicted octanol–water partition coefficient (Wildman–Crippen LogP) is 4.36. The van der Waals surface area contributed by atoms with Crippen LogP contribution in [-0.2, 0) is 13.7 Å². The van der Waals surface area contributed by atoms with E-state index in [4.69, 9.17) is 4.12 Å². The lowest BCUT2D eigenvalue weighted by Crippen LogP contribution is -2.61. The standard InChI is InChI=1S/C20H42N2O3Si3/c1-17(2)19(23)21-13-11-15-26(5,6)25-28(9,10)27(7,8)16-12-14-22-20(24)18(3)4/h1,3,11-16H2,2,4-10H3,(H,21,23)(H,22,24). The Bertz CT molecular complexity index is 587. The summed E-state index contributed by atoms with van der Waals surface area (Å²) in [5, 5.41) is 5.84. The molecule has 0 aromatic heterocycles. The van der Waals surface area contributed by atoms with Crippen LogP contribution in [-0.4, -0.2) is 48.6 Å². The van der Waals surface area contributed by atoms with Gasteiger partial charge in [-0.3, -0.25) is 9.59 Å². The fourth-order valence-electron chi connectivity index (χ4n) is 2.93. The highest BCUT2D eigenvalue weighted by molar-refractivity contribution is 7.39. The Hall–Kier alpha value is -0.969. The highest BCUT2D eigenvalue weighted by atomic mass is 29.3. The molecule has 28 heavy (non-hydrogen) atoms. The van der Waals surface area contributed by atoms with Crippen LogP contribution >= 0.6 is 0 Å². The van der Waals surface area contributed by atoms with Crippen molar-refractivity contribution in [2.75, 3.05) is 13.1 Å². The van der Waals surface area contributed by atoms with Crippen molar-refractivity contribution in [3.05, 3.63) is 24.3 Å². The Labute approximate surface area is 175 Å². The fourth-order valence-corrected chi connectivity index (χ4v) is 20.0. The maximum absolute atomic E-state index is 11.6. The SMILES string of the molecule is C=C(C)C(=O)NCCC[Si](C)(C)O[Si](C)(C)[Si](C)(C)CCCNC(=O)C(=C)C. The summed E-state index contributed by atoms with van der Waals surface area (Å²) in [4.78, 5) is 23.2. The molecule has 0 aromatic carbocycles. The van der Waals surface area contributed by atoms with Crippen LogP contribution < -0.4 is 10.6 Å². The van der Waals surface area contributed by atoms with E-state index < -0.39 is 23.7 Å². The van der Waals surface area contributed by atoms with Gasteiger partial charge in [-0.2, -0.15) is 0 Å². The summed E-state index contributed by atoms with van der Waals surface area (Å²) in [6, 6.07) is 2.20. The van der Waals surface area contributed by atoms with Gasteiger partial charge in [-0.1, -0.05) is 32.3 Å². The summed E-state index contributed by atoms with van der Waals surface area (Å²) in [5.74, 6) is -0.123. The lowest BCUT2D eigenvalue weighted by atomic mass is 10.3. The van der Waals surface area contributed by atoms with Gasteiger partial charge in [0.25, 0.3) is 0 Å². The number of amides is 2. The molecule has 0 fully saturated rings. The van der Waals surface area contributed by atoms with Gasteiger partial charge in [-0.15, -0.1) is 0 Å². The molecule has 0 aliphatic rings. The average molecular weight is 443 g/mol. The minimum absolute atomic E-state index is 0.0560. The van der Waals surface area contributed by atoms with Crippen LogP contribution in [0, 0.1) is 0 Å². The van der Waals surface area contributed by atoms with Crippen LogP contribution in [0.1, 0.15) is 26.7 Å². The summed E-state index contributed by atoms with van der Waals surface area (Å²) in [6.45, 7) is 26.3. The zero-order valence-corrected chi connectivity index (χ0v) is 22.4. The second kappa shape index (κ2) is 11.3. The summed E-state index contributed by atoms with van der Waals surface area (Å²) in [7, 11) is -5.11. The fraction of sp³-hybridized carbons (Fsp3) is 0.700. The van der Waals surface area contributed by atoms with E-state index in [1.54, 1.807) is 13.8 Å². The van der Waals surface area contributed by atoms with Gasteiger partial charge in [0.05, 0.1) is 7.59 Å². The molecule has 0 aliphatic carbocycles. The first kappa shape index (κ1) is 27.0. The number of nitrogens with one attached hydrogen (secondary N) is 2. The molecule has 0 atom stereocenters. The highest BCUT2D eigenvalue weighted by Gasteiger charge is 2.45. The molecule has 2 N–H and O–H groups in total. The van der Waals surface area contributed by atoms with Crippen LogP contribution in [0.4, 0.5) is 0 Å². The van der Waals surface area contributed by atoms with E-state index in [1.807, 2.05) is 0 Å². The normalized spacial score (nSPS) is 12.4. The van der Waals surface area contributed by atoms with E-state index in [0.717, 1.165) is 24.9 Å². The summed E-state index contributed by atoms with van der Waals surface area (Å²) < 4.78 is 6.87. The van der Waals surface area contributed by atoms with Crippen molar-refractivity contribution < 1.29 is 13.7 Å². The number of carbonyl (C=O) groups excluding carboxylic acids is 2. The molecule has 162 valence electrons. The van der Waals surface area contributed by atoms with Gasteiger partial charge in [0.1, 0.15) is 0 Å². The molecule has 0 rings (SSSR count). The topological polar surface area (TPSA) is 67.4 Å². The van der Waals surface area contributed by atoms with Crippen molar-refractivity contribution in [2.45, 2.75) is 78.1 Å². The molecular formula is C20H42N2O3Si3. The van der Waals surface area contributed by atoms with Crippen molar-refractivity contribution in [1.82, 2.24) is 10.6 Å². The molecule has 0 bridgehead atoms. The van der Waals surface area contributed by atoms with Gasteiger partial charge in [0.15, 0.2) is 16.2 Å². The average Bonchev–Trinajstić information content (AvgIpc) is 2.53. The predicted molar refractivity (Wildman–Crippen MR) is 128 cm³/mol. The summed E-state index contributed by atoms with van der Waals surface area (Å²) in [5.41, 5.74) is 1.11. The van der Waals surface area contributed by atoms with E-state index >= 15 is 0 Å². The van der Waals surface area contributed by atoms with Crippen molar-refractivity contribution in [3.8, 4) is 0 Å². The van der Waals surface area contributed by atoms with Crippen LogP contribution in [0.3, 0.4) is 0 Å². The van der Waals surface area contributed by atoms with Gasteiger partial charge < -0.3 is 14.7 Å². The lowest BCUT2D eigenvalue weighted by molar-refractivity contribution is -0.118. The summed E-state index contributed by atoms with van der Waals surface area (Å²) in [6.07, 6.45) is 1.94. The molecular weight excluding hydrogens is 400 g/mol. The van der Waals surface area contributed by atoms with Crippen molar-refractivity contribution >= 4 is 35.6 Å². The monoisotopic (exact) mass is 442 g/mol. The van der Waals surface area contributed by atoms with Crippen molar-refractivity contribution in [1.29, 1.82) is 0 Å². The van der Waals surface area contributed by atoms with E-state index in [1.165, 1.54) is 0 Å². The van der Waals surface area contributed by atoms with Gasteiger partial charge in [-0.25, -0.2) is 0 Å². The zero-order chi connectivity index (χ0) is 22.2. The minimum Gasteiger partial charge on any atom is -0.458 e. The number of rotatable bonds is 13. The third kappa shape index (κ3) is 9.99. The maximum atomic E-state index is 11.6. The third-order valence-electron chi connectivity index (χ3n) is 5.44. The molecule has 0 spiro atoms. The molecule has 0 aliphatic heterocycles. The smallest absolute Gasteiger partial charge is 0.246 e. The number of hydrogen-bond acceptors (Lipinski definition) is 3. The Morgan fingerprint density at radius 2 is 1.18 bits per heavy atom. The highest BCUT2D eigenvalue weighted by Crippen LogP contribution is 2.30. The first-order chi connectivity index (χ1) is 12.6. The first-order valence-electron chi connectivity index (χ1n) is 10.2. The van der Waals surface area contributed by atoms with Crippen LogP contribution in [0.25, 0.3) is 0 Å². The largest absolute Gasteiger partial charge is 0.458 e. The number of carbonyl (C=O) groups is 2. The van der Waals surface area contributed by atoms with Gasteiger partial charge >= 0.3 is 0 Å². The lowest BCUT2D eigenvalue weighted by Gasteiger charge is -2.43. The Morgan fingerprint density at radius 1 is 0.786 bits per heavy atom. The molecule has 5 nitrogen and oxygen atoms in total. The second-order valence-electron chi connectivity index (χ2n) is 9.54. The molecule has 0 saturated heterocycles. The second-order valence-corrected chi connectivity index (χ2v) is 29.3. The minimum atomic E-state index is -1.80. The van der Waals surface area contributed by atoms with E-state index in [2.05, 4.69) is 63.1 Å². The zero-order valence-electron chi connectivity index (χ0n) is 19.4. The van der Waals surface area contributed by atoms with Crippen LogP contribution in [0.15, 0.2) is 24.3 Å². The molecule has 0 radical (unpaired) electrons. The molecule has 0 aromatic rings. The van der Waals surface area contributed by atoms with Crippen LogP contribution in [0.2, 0.25) is 51.4 Å². The molecule has 8 heteroatoms. The summed E-state index contributed by atoms with van der Waals surface area (Å²) >= 11 is 0. The molecule has 0 saturated carbocycles. The van der Waals surface area contributed by atoms with Crippen molar-refractivity contribution in [3.63, 3.8) is 0 Å². The Morgan fingerprint density at radius 3 is 1.57 bits per heavy atom. The molecule has 0 unspecified atom stereocenters. The van der Waals surface area contributed by atoms with E-state index in [-0.39, 0.29) is 11.8 Å². The maximum Gasteiger partial charge on any atom is 0.246 e. The van der Waals surface area contributed by atoms with Crippen molar-refractivity contribution in [2.24, 2.45) is 0 Å². The number of hydrogen-bond donors (Lipinski definition) is 2. The van der Waals surface area contributed by atoms with Gasteiger partial charge in [-0.05, 0) is 58.9 Å². The van der Waals surface area contributed by atoms with E-state index in [0.29, 0.717) is 24.2 Å². The Balaban J connectivity index is 4.53. The molecule has 2 amide bonds. The third-order valence-corrected chi connectivity index (χ3v) is 27.6. The first-order valence-corrected chi connectivity index (χ1v) is 20.4. The van der Waals surface area contributed by atoms with Gasteiger partial charge in [0.2, 0.25) is 11.8 Å². The molecule has 0 heterocycles. The van der Waals surface area contributed by atoms with E-state index in [9.17, 15) is 9.59 Å². The quantitative estimate of drug-likeness (QED) is 0.253.